The minimum absolute atomic E-state index is 0. The third-order valence-corrected chi connectivity index (χ3v) is 5.69. The van der Waals surface area contributed by atoms with Gasteiger partial charge in [0.05, 0.1) is 11.4 Å². The average molecular weight is 657 g/mol. The van der Waals surface area contributed by atoms with Crippen molar-refractivity contribution < 1.29 is 166 Å². The summed E-state index contributed by atoms with van der Waals surface area (Å²) in [7, 11) is 0. The Bertz CT molecular complexity index is 1060. The van der Waals surface area contributed by atoms with Crippen LogP contribution in [0.15, 0.2) is 60.7 Å². The third kappa shape index (κ3) is 7.87. The zero-order valence-electron chi connectivity index (χ0n) is 20.9. The Morgan fingerprint density at radius 1 is 0.488 bits per heavy atom. The molecule has 41 heavy (non-hydrogen) atoms. The Hall–Kier alpha value is 0.133. The van der Waals surface area contributed by atoms with Gasteiger partial charge < -0.3 is 20.0 Å². The first kappa shape index (κ1) is 39.2. The van der Waals surface area contributed by atoms with Crippen molar-refractivity contribution in [1.82, 2.24) is 9.80 Å². The van der Waals surface area contributed by atoms with E-state index in [0.717, 1.165) is 24.3 Å². The molecule has 3 rings (SSSR count). The number of alkyl halides is 12. The average Bonchev–Trinajstić information content (AvgIpc) is 3.14. The van der Waals surface area contributed by atoms with Gasteiger partial charge in [-0.05, 0) is 0 Å². The Morgan fingerprint density at radius 3 is 0.951 bits per heavy atom. The number of benzene rings is 2. The van der Waals surface area contributed by atoms with Crippen molar-refractivity contribution in [2.75, 3.05) is 13.1 Å². The molecule has 214 valence electrons. The predicted octanol–water partition coefficient (Wildman–Crippen LogP) is -1.42. The Labute approximate surface area is 310 Å². The molecule has 0 atom stereocenters. The minimum Gasteiger partial charge on any atom is -0.835 e. The SMILES string of the molecule is [K+].[K+].[O-]C(CN1[C]N(CC([O-])(C(F)(F)F)C(F)(F)F)C(c2ccccc2)=C1c1ccccc1)(C(F)(F)F)C(F)(F)F. The van der Waals surface area contributed by atoms with Crippen molar-refractivity contribution in [2.45, 2.75) is 35.9 Å². The Balaban J connectivity index is 0.00000420. The molecule has 1 aliphatic rings. The smallest absolute Gasteiger partial charge is 0.835 e. The Morgan fingerprint density at radius 2 is 0.732 bits per heavy atom. The zero-order chi connectivity index (χ0) is 29.7. The van der Waals surface area contributed by atoms with Crippen LogP contribution in [0.5, 0.6) is 0 Å². The molecule has 2 radical (unpaired) electrons. The molecule has 1 heterocycles. The van der Waals surface area contributed by atoms with E-state index in [4.69, 9.17) is 0 Å². The van der Waals surface area contributed by atoms with Crippen molar-refractivity contribution in [1.29, 1.82) is 0 Å². The third-order valence-electron chi connectivity index (χ3n) is 5.69. The molecule has 0 amide bonds. The van der Waals surface area contributed by atoms with Crippen LogP contribution >= 0.6 is 0 Å². The summed E-state index contributed by atoms with van der Waals surface area (Å²) < 4.78 is 161. The molecule has 4 nitrogen and oxygen atoms in total. The first-order valence-corrected chi connectivity index (χ1v) is 10.5. The second kappa shape index (κ2) is 13.6. The van der Waals surface area contributed by atoms with E-state index in [2.05, 4.69) is 0 Å². The van der Waals surface area contributed by atoms with Crippen LogP contribution in [0.3, 0.4) is 0 Å². The van der Waals surface area contributed by atoms with E-state index >= 15 is 0 Å². The van der Waals surface area contributed by atoms with Crippen LogP contribution in [0.4, 0.5) is 52.7 Å². The van der Waals surface area contributed by atoms with E-state index < -0.39 is 60.4 Å². The molecule has 0 bridgehead atoms. The van der Waals surface area contributed by atoms with Gasteiger partial charge in [0.15, 0.2) is 0 Å². The number of hydrogen-bond donors (Lipinski definition) is 0. The fourth-order valence-corrected chi connectivity index (χ4v) is 3.63. The van der Waals surface area contributed by atoms with Gasteiger partial charge in [-0.25, -0.2) is 0 Å². The first-order valence-electron chi connectivity index (χ1n) is 10.5. The van der Waals surface area contributed by atoms with E-state index in [1.54, 1.807) is 6.67 Å². The Kier molecular flexibility index (Phi) is 13.0. The van der Waals surface area contributed by atoms with Crippen molar-refractivity contribution in [2.24, 2.45) is 0 Å². The standard InChI is InChI=1S/C23H14F12N2O2.2K/c24-20(25,26)18(38,21(27,28)29)11-36-13-37(12-19(39,22(30,31)32)23(33,34)35)17(15-9-5-2-6-10-15)16(36)14-7-3-1-4-8-14;;/h1-10H,11-12H2;;/q-2;2*+1. The molecule has 0 N–H and O–H groups in total. The zero-order valence-corrected chi connectivity index (χ0v) is 27.2. The van der Waals surface area contributed by atoms with Crippen LogP contribution in [0.25, 0.3) is 11.4 Å². The molecular weight excluding hydrogens is 642 g/mol. The van der Waals surface area contributed by atoms with Crippen molar-refractivity contribution in [3.05, 3.63) is 78.5 Å². The molecule has 0 saturated heterocycles. The van der Waals surface area contributed by atoms with Crippen LogP contribution in [0.2, 0.25) is 0 Å². The predicted molar refractivity (Wildman–Crippen MR) is 106 cm³/mol. The van der Waals surface area contributed by atoms with Gasteiger partial charge in [-0.3, -0.25) is 0 Å². The molecule has 0 spiro atoms. The normalized spacial score (nSPS) is 15.6. The monoisotopic (exact) mass is 656 g/mol. The summed E-state index contributed by atoms with van der Waals surface area (Å²) in [6.45, 7) is -3.58. The van der Waals surface area contributed by atoms with E-state index in [9.17, 15) is 62.9 Å². The van der Waals surface area contributed by atoms with Crippen LogP contribution in [-0.4, -0.2) is 58.8 Å². The van der Waals surface area contributed by atoms with Gasteiger partial charge in [-0.1, -0.05) is 60.7 Å². The summed E-state index contributed by atoms with van der Waals surface area (Å²) in [5.41, 5.74) is -13.7. The van der Waals surface area contributed by atoms with Gasteiger partial charge in [0.2, 0.25) is 6.67 Å². The number of hydrogen-bond acceptors (Lipinski definition) is 4. The van der Waals surface area contributed by atoms with Gasteiger partial charge >= 0.3 is 127 Å². The van der Waals surface area contributed by atoms with E-state index in [1.165, 1.54) is 36.4 Å². The van der Waals surface area contributed by atoms with Crippen LogP contribution < -0.4 is 113 Å². The van der Waals surface area contributed by atoms with Gasteiger partial charge in [0.1, 0.15) is 11.2 Å². The van der Waals surface area contributed by atoms with Crippen molar-refractivity contribution in [3.8, 4) is 0 Å². The van der Waals surface area contributed by atoms with Crippen LogP contribution in [0.1, 0.15) is 11.1 Å². The van der Waals surface area contributed by atoms with Gasteiger partial charge in [0, 0.05) is 24.2 Å². The van der Waals surface area contributed by atoms with E-state index in [-0.39, 0.29) is 124 Å². The fourth-order valence-electron chi connectivity index (χ4n) is 3.63. The maximum atomic E-state index is 13.4. The van der Waals surface area contributed by atoms with Crippen LogP contribution in [0, 0.1) is 6.67 Å². The quantitative estimate of drug-likeness (QED) is 0.284. The topological polar surface area (TPSA) is 52.6 Å². The van der Waals surface area contributed by atoms with Crippen molar-refractivity contribution in [3.63, 3.8) is 0 Å². The maximum Gasteiger partial charge on any atom is 1.00 e. The molecule has 2 aromatic rings. The van der Waals surface area contributed by atoms with Gasteiger partial charge in [-0.2, -0.15) is 52.7 Å². The largest absolute Gasteiger partial charge is 1.00 e. The second-order valence-electron chi connectivity index (χ2n) is 8.35. The molecule has 0 aliphatic carbocycles. The van der Waals surface area contributed by atoms with Gasteiger partial charge in [0.25, 0.3) is 0 Å². The molecule has 0 saturated carbocycles. The molecule has 1 aliphatic heterocycles. The number of nitrogens with zero attached hydrogens (tertiary/aromatic N) is 2. The van der Waals surface area contributed by atoms with Crippen LogP contribution in [-0.2, 0) is 0 Å². The molecule has 0 aromatic heterocycles. The second-order valence-corrected chi connectivity index (χ2v) is 8.35. The minimum atomic E-state index is -6.50. The van der Waals surface area contributed by atoms with E-state index in [1.807, 2.05) is 0 Å². The summed E-state index contributed by atoms with van der Waals surface area (Å²) in [4.78, 5) is -0.336. The molecule has 2 aromatic carbocycles. The molecule has 0 fully saturated rings. The van der Waals surface area contributed by atoms with Gasteiger partial charge in [-0.15, -0.1) is 0 Å². The van der Waals surface area contributed by atoms with Crippen molar-refractivity contribution >= 4 is 11.4 Å². The summed E-state index contributed by atoms with van der Waals surface area (Å²) in [5, 5.41) is 24.5. The molecular formula is C23H14F12K2N2O2. The van der Waals surface area contributed by atoms with E-state index in [0.29, 0.717) is 0 Å². The molecule has 18 heteroatoms. The summed E-state index contributed by atoms with van der Waals surface area (Å²) in [5.74, 6) is 0. The summed E-state index contributed by atoms with van der Waals surface area (Å²) in [6.07, 6.45) is -26.0. The first-order chi connectivity index (χ1) is 17.6. The maximum absolute atomic E-state index is 13.4. The summed E-state index contributed by atoms with van der Waals surface area (Å²) >= 11 is 0. The number of halogens is 12. The fraction of sp³-hybridized carbons (Fsp3) is 0.348. The molecule has 0 unspecified atom stereocenters. The summed E-state index contributed by atoms with van der Waals surface area (Å²) in [6, 6.07) is 11.8. The number of rotatable bonds is 6.